The topological polar surface area (TPSA) is 43.8 Å². The Morgan fingerprint density at radius 2 is 2.29 bits per heavy atom. The van der Waals surface area contributed by atoms with E-state index in [1.165, 1.54) is 0 Å². The molecule has 2 rings (SSSR count). The second-order valence-corrected chi connectivity index (χ2v) is 3.88. The highest BCUT2D eigenvalue weighted by Gasteiger charge is 2.09. The van der Waals surface area contributed by atoms with Crippen LogP contribution in [-0.4, -0.2) is 9.78 Å². The number of hydrogen-bond acceptors (Lipinski definition) is 2. The molecule has 0 aliphatic rings. The fourth-order valence-electron chi connectivity index (χ4n) is 1.67. The van der Waals surface area contributed by atoms with Crippen molar-refractivity contribution in [2.75, 3.05) is 0 Å². The fraction of sp³-hybridized carbons (Fsp3) is 0.300. The lowest BCUT2D eigenvalue weighted by atomic mass is 10.1. The normalized spacial score (nSPS) is 11.1. The summed E-state index contributed by atoms with van der Waals surface area (Å²) in [5.41, 5.74) is 7.98. The zero-order valence-electron chi connectivity index (χ0n) is 8.00. The van der Waals surface area contributed by atoms with Gasteiger partial charge in [0.15, 0.2) is 0 Å². The average molecular weight is 254 g/mol. The Balaban J connectivity index is 2.82. The van der Waals surface area contributed by atoms with Crippen LogP contribution in [0.3, 0.4) is 0 Å². The molecular weight excluding hydrogens is 242 g/mol. The maximum atomic E-state index is 5.69. The van der Waals surface area contributed by atoms with E-state index in [-0.39, 0.29) is 0 Å². The fourth-order valence-corrected chi connectivity index (χ4v) is 2.18. The number of aryl methyl sites for hydroxylation is 1. The minimum atomic E-state index is 0.551. The van der Waals surface area contributed by atoms with E-state index >= 15 is 0 Å². The molecule has 4 heteroatoms. The standard InChI is InChI=1S/C10H12BrN3/c1-2-14-9-7(6-12)4-3-5-8(9)10(11)13-14/h3-5H,2,6,12H2,1H3. The van der Waals surface area contributed by atoms with E-state index in [0.717, 1.165) is 27.6 Å². The number of nitrogens with zero attached hydrogens (tertiary/aromatic N) is 2. The predicted molar refractivity (Wildman–Crippen MR) is 61.0 cm³/mol. The van der Waals surface area contributed by atoms with Gasteiger partial charge in [-0.1, -0.05) is 18.2 Å². The van der Waals surface area contributed by atoms with Crippen LogP contribution in [0.1, 0.15) is 12.5 Å². The quantitative estimate of drug-likeness (QED) is 0.893. The molecule has 1 aromatic carbocycles. The third-order valence-electron chi connectivity index (χ3n) is 2.33. The third-order valence-corrected chi connectivity index (χ3v) is 2.91. The number of halogens is 1. The molecule has 3 nitrogen and oxygen atoms in total. The van der Waals surface area contributed by atoms with Crippen molar-refractivity contribution in [1.29, 1.82) is 0 Å². The van der Waals surface area contributed by atoms with Gasteiger partial charge in [0.25, 0.3) is 0 Å². The van der Waals surface area contributed by atoms with Crippen LogP contribution in [0.2, 0.25) is 0 Å². The second-order valence-electron chi connectivity index (χ2n) is 3.12. The maximum Gasteiger partial charge on any atom is 0.136 e. The summed E-state index contributed by atoms with van der Waals surface area (Å²) < 4.78 is 2.87. The molecule has 0 amide bonds. The molecule has 0 aliphatic heterocycles. The second kappa shape index (κ2) is 3.71. The van der Waals surface area contributed by atoms with Crippen LogP contribution in [0.25, 0.3) is 10.9 Å². The van der Waals surface area contributed by atoms with Crippen LogP contribution in [0.4, 0.5) is 0 Å². The van der Waals surface area contributed by atoms with Gasteiger partial charge in [0, 0.05) is 18.5 Å². The van der Waals surface area contributed by atoms with Crippen LogP contribution in [-0.2, 0) is 13.1 Å². The van der Waals surface area contributed by atoms with Crippen LogP contribution in [0.5, 0.6) is 0 Å². The lowest BCUT2D eigenvalue weighted by Gasteiger charge is -2.03. The van der Waals surface area contributed by atoms with Crippen LogP contribution >= 0.6 is 15.9 Å². The zero-order valence-corrected chi connectivity index (χ0v) is 9.58. The molecule has 0 bridgehead atoms. The summed E-state index contributed by atoms with van der Waals surface area (Å²) in [6.45, 7) is 3.49. The van der Waals surface area contributed by atoms with Gasteiger partial charge in [0.05, 0.1) is 5.52 Å². The molecule has 1 heterocycles. The Bertz CT molecular complexity index is 462. The lowest BCUT2D eigenvalue weighted by molar-refractivity contribution is 0.676. The van der Waals surface area contributed by atoms with Crippen molar-refractivity contribution >= 4 is 26.8 Å². The number of fused-ring (bicyclic) bond motifs is 1. The van der Waals surface area contributed by atoms with E-state index in [4.69, 9.17) is 5.73 Å². The number of aromatic nitrogens is 2. The van der Waals surface area contributed by atoms with Crippen molar-refractivity contribution in [3.8, 4) is 0 Å². The first-order valence-corrected chi connectivity index (χ1v) is 5.41. The summed E-state index contributed by atoms with van der Waals surface area (Å²) in [7, 11) is 0. The molecular formula is C10H12BrN3. The van der Waals surface area contributed by atoms with Crippen molar-refractivity contribution < 1.29 is 0 Å². The van der Waals surface area contributed by atoms with Gasteiger partial charge in [-0.05, 0) is 28.4 Å². The van der Waals surface area contributed by atoms with E-state index in [2.05, 4.69) is 34.0 Å². The molecule has 0 aliphatic carbocycles. The molecule has 0 atom stereocenters. The summed E-state index contributed by atoms with van der Waals surface area (Å²) in [4.78, 5) is 0. The highest BCUT2D eigenvalue weighted by Crippen LogP contribution is 2.25. The Morgan fingerprint density at radius 3 is 2.93 bits per heavy atom. The monoisotopic (exact) mass is 253 g/mol. The lowest BCUT2D eigenvalue weighted by Crippen LogP contribution is -2.02. The van der Waals surface area contributed by atoms with Crippen molar-refractivity contribution in [2.24, 2.45) is 5.73 Å². The Morgan fingerprint density at radius 1 is 1.50 bits per heavy atom. The number of benzene rings is 1. The van der Waals surface area contributed by atoms with E-state index < -0.39 is 0 Å². The highest BCUT2D eigenvalue weighted by atomic mass is 79.9. The van der Waals surface area contributed by atoms with Crippen molar-refractivity contribution in [3.63, 3.8) is 0 Å². The Hall–Kier alpha value is -0.870. The van der Waals surface area contributed by atoms with Gasteiger partial charge in [0.2, 0.25) is 0 Å². The van der Waals surface area contributed by atoms with Crippen LogP contribution < -0.4 is 5.73 Å². The minimum absolute atomic E-state index is 0.551. The van der Waals surface area contributed by atoms with Gasteiger partial charge >= 0.3 is 0 Å². The van der Waals surface area contributed by atoms with E-state index in [9.17, 15) is 0 Å². The van der Waals surface area contributed by atoms with Crippen molar-refractivity contribution in [1.82, 2.24) is 9.78 Å². The van der Waals surface area contributed by atoms with Crippen LogP contribution in [0, 0.1) is 0 Å². The van der Waals surface area contributed by atoms with E-state index in [1.807, 2.05) is 16.8 Å². The molecule has 74 valence electrons. The Labute approximate surface area is 91.0 Å². The molecule has 2 aromatic rings. The van der Waals surface area contributed by atoms with Gasteiger partial charge in [-0.15, -0.1) is 0 Å². The summed E-state index contributed by atoms with van der Waals surface area (Å²) in [6.07, 6.45) is 0. The largest absolute Gasteiger partial charge is 0.326 e. The number of hydrogen-bond donors (Lipinski definition) is 1. The van der Waals surface area contributed by atoms with E-state index in [0.29, 0.717) is 6.54 Å². The molecule has 0 radical (unpaired) electrons. The SMILES string of the molecule is CCn1nc(Br)c2cccc(CN)c21. The first-order chi connectivity index (χ1) is 6.77. The van der Waals surface area contributed by atoms with Gasteiger partial charge in [-0.25, -0.2) is 0 Å². The molecule has 1 aromatic heterocycles. The van der Waals surface area contributed by atoms with Gasteiger partial charge in [0.1, 0.15) is 4.60 Å². The number of nitrogens with two attached hydrogens (primary N) is 1. The smallest absolute Gasteiger partial charge is 0.136 e. The predicted octanol–water partition coefficient (Wildman–Crippen LogP) is 2.28. The summed E-state index contributed by atoms with van der Waals surface area (Å²) in [6, 6.07) is 6.11. The third kappa shape index (κ3) is 1.35. The van der Waals surface area contributed by atoms with Gasteiger partial charge in [-0.3, -0.25) is 4.68 Å². The maximum absolute atomic E-state index is 5.69. The molecule has 0 saturated carbocycles. The molecule has 0 fully saturated rings. The molecule has 14 heavy (non-hydrogen) atoms. The van der Waals surface area contributed by atoms with Gasteiger partial charge < -0.3 is 5.73 Å². The number of rotatable bonds is 2. The Kier molecular flexibility index (Phi) is 2.56. The van der Waals surface area contributed by atoms with Crippen molar-refractivity contribution in [2.45, 2.75) is 20.0 Å². The highest BCUT2D eigenvalue weighted by molar-refractivity contribution is 9.10. The summed E-state index contributed by atoms with van der Waals surface area (Å²) >= 11 is 3.45. The molecule has 0 unspecified atom stereocenters. The van der Waals surface area contributed by atoms with Gasteiger partial charge in [-0.2, -0.15) is 5.10 Å². The minimum Gasteiger partial charge on any atom is -0.326 e. The molecule has 0 spiro atoms. The van der Waals surface area contributed by atoms with E-state index in [1.54, 1.807) is 0 Å². The zero-order chi connectivity index (χ0) is 10.1. The van der Waals surface area contributed by atoms with Crippen LogP contribution in [0.15, 0.2) is 22.8 Å². The first-order valence-electron chi connectivity index (χ1n) is 4.62. The average Bonchev–Trinajstić information content (AvgIpc) is 2.56. The molecule has 2 N–H and O–H groups in total. The first kappa shape index (κ1) is 9.68. The summed E-state index contributed by atoms with van der Waals surface area (Å²) in [5.74, 6) is 0. The van der Waals surface area contributed by atoms with Crippen molar-refractivity contribution in [3.05, 3.63) is 28.4 Å². The summed E-state index contributed by atoms with van der Waals surface area (Å²) in [5, 5.41) is 5.53. The molecule has 0 saturated heterocycles. The number of para-hydroxylation sites is 1.